The molecule has 2 aromatic carbocycles. The third-order valence-electron chi connectivity index (χ3n) is 3.63. The lowest BCUT2D eigenvalue weighted by atomic mass is 10.2. The van der Waals surface area contributed by atoms with Crippen LogP contribution >= 0.6 is 0 Å². The summed E-state index contributed by atoms with van der Waals surface area (Å²) < 4.78 is 36.1. The van der Waals surface area contributed by atoms with Gasteiger partial charge in [-0.05, 0) is 30.3 Å². The molecule has 0 spiro atoms. The SMILES string of the molecule is COc1ccc(S(=O)(=O)N(C)C)cc1NC(=O)COc1ccccc1C=O. The number of sulfonamides is 1. The number of aldehydes is 1. The fourth-order valence-electron chi connectivity index (χ4n) is 2.19. The van der Waals surface area contributed by atoms with Crippen molar-refractivity contribution < 1.29 is 27.5 Å². The van der Waals surface area contributed by atoms with Gasteiger partial charge in [0, 0.05) is 14.1 Å². The van der Waals surface area contributed by atoms with Gasteiger partial charge >= 0.3 is 0 Å². The van der Waals surface area contributed by atoms with Crippen molar-refractivity contribution in [3.8, 4) is 11.5 Å². The number of nitrogens with one attached hydrogen (secondary N) is 1. The molecular weight excluding hydrogens is 372 g/mol. The molecule has 0 atom stereocenters. The van der Waals surface area contributed by atoms with Gasteiger partial charge in [0.15, 0.2) is 12.9 Å². The summed E-state index contributed by atoms with van der Waals surface area (Å²) in [7, 11) is 0.562. The summed E-state index contributed by atoms with van der Waals surface area (Å²) in [4.78, 5) is 23.2. The fourth-order valence-corrected chi connectivity index (χ4v) is 3.12. The van der Waals surface area contributed by atoms with Gasteiger partial charge in [0.1, 0.15) is 11.5 Å². The molecule has 0 aliphatic heterocycles. The van der Waals surface area contributed by atoms with Crippen LogP contribution in [0.4, 0.5) is 5.69 Å². The van der Waals surface area contributed by atoms with Gasteiger partial charge in [-0.25, -0.2) is 12.7 Å². The van der Waals surface area contributed by atoms with Crippen molar-refractivity contribution in [1.29, 1.82) is 0 Å². The van der Waals surface area contributed by atoms with Crippen molar-refractivity contribution in [3.05, 3.63) is 48.0 Å². The van der Waals surface area contributed by atoms with E-state index in [-0.39, 0.29) is 22.9 Å². The highest BCUT2D eigenvalue weighted by Gasteiger charge is 2.20. The molecule has 0 aliphatic carbocycles. The maximum Gasteiger partial charge on any atom is 0.262 e. The van der Waals surface area contributed by atoms with Crippen LogP contribution in [-0.2, 0) is 14.8 Å². The first kappa shape index (κ1) is 20.4. The van der Waals surface area contributed by atoms with Crippen LogP contribution < -0.4 is 14.8 Å². The van der Waals surface area contributed by atoms with Crippen molar-refractivity contribution in [3.63, 3.8) is 0 Å². The zero-order chi connectivity index (χ0) is 20.0. The Bertz CT molecular complexity index is 941. The minimum Gasteiger partial charge on any atom is -0.495 e. The molecule has 0 saturated heterocycles. The normalized spacial score (nSPS) is 11.1. The second-order valence-corrected chi connectivity index (χ2v) is 7.79. The van der Waals surface area contributed by atoms with Crippen LogP contribution in [0.3, 0.4) is 0 Å². The van der Waals surface area contributed by atoms with Crippen LogP contribution in [0.25, 0.3) is 0 Å². The summed E-state index contributed by atoms with van der Waals surface area (Å²) >= 11 is 0. The number of nitrogens with zero attached hydrogens (tertiary/aromatic N) is 1. The number of ether oxygens (including phenoxy) is 2. The summed E-state index contributed by atoms with van der Waals surface area (Å²) in [5.41, 5.74) is 0.514. The monoisotopic (exact) mass is 392 g/mol. The van der Waals surface area contributed by atoms with E-state index in [1.807, 2.05) is 0 Å². The second-order valence-electron chi connectivity index (χ2n) is 5.64. The van der Waals surface area contributed by atoms with Crippen LogP contribution in [0.1, 0.15) is 10.4 Å². The smallest absolute Gasteiger partial charge is 0.262 e. The van der Waals surface area contributed by atoms with E-state index in [9.17, 15) is 18.0 Å². The molecule has 144 valence electrons. The molecule has 2 rings (SSSR count). The first-order valence-electron chi connectivity index (χ1n) is 7.87. The van der Waals surface area contributed by atoms with Gasteiger partial charge in [-0.1, -0.05) is 12.1 Å². The summed E-state index contributed by atoms with van der Waals surface area (Å²) in [6.07, 6.45) is 0.631. The zero-order valence-corrected chi connectivity index (χ0v) is 15.9. The molecule has 1 N–H and O–H groups in total. The highest BCUT2D eigenvalue weighted by atomic mass is 32.2. The number of rotatable bonds is 8. The lowest BCUT2D eigenvalue weighted by Gasteiger charge is -2.15. The molecule has 8 nitrogen and oxygen atoms in total. The minimum absolute atomic E-state index is 0.0100. The third kappa shape index (κ3) is 4.83. The van der Waals surface area contributed by atoms with Crippen LogP contribution in [-0.4, -0.2) is 52.7 Å². The van der Waals surface area contributed by atoms with Crippen molar-refractivity contribution >= 4 is 27.9 Å². The molecule has 2 aromatic rings. The van der Waals surface area contributed by atoms with Crippen molar-refractivity contribution in [2.24, 2.45) is 0 Å². The third-order valence-corrected chi connectivity index (χ3v) is 5.44. The van der Waals surface area contributed by atoms with Crippen molar-refractivity contribution in [2.75, 3.05) is 33.1 Å². The summed E-state index contributed by atoms with van der Waals surface area (Å²) in [5.74, 6) is 0.0429. The highest BCUT2D eigenvalue weighted by Crippen LogP contribution is 2.28. The lowest BCUT2D eigenvalue weighted by Crippen LogP contribution is -2.23. The summed E-state index contributed by atoms with van der Waals surface area (Å²) in [6.45, 7) is -0.362. The largest absolute Gasteiger partial charge is 0.495 e. The van der Waals surface area contributed by atoms with Gasteiger partial charge in [-0.2, -0.15) is 0 Å². The molecule has 0 aliphatic rings. The van der Waals surface area contributed by atoms with E-state index in [1.165, 1.54) is 39.4 Å². The number of anilines is 1. The van der Waals surface area contributed by atoms with Crippen molar-refractivity contribution in [2.45, 2.75) is 4.90 Å². The van der Waals surface area contributed by atoms with E-state index in [4.69, 9.17) is 9.47 Å². The van der Waals surface area contributed by atoms with Crippen LogP contribution in [0.5, 0.6) is 11.5 Å². The Balaban J connectivity index is 2.18. The average molecular weight is 392 g/mol. The molecule has 9 heteroatoms. The molecule has 0 fully saturated rings. The molecule has 1 amide bonds. The molecular formula is C18H20N2O6S. The molecule has 0 aromatic heterocycles. The first-order chi connectivity index (χ1) is 12.8. The van der Waals surface area contributed by atoms with E-state index in [0.717, 1.165) is 4.31 Å². The number of hydrogen-bond acceptors (Lipinski definition) is 6. The van der Waals surface area contributed by atoms with Gasteiger partial charge in [0.05, 0.1) is 23.3 Å². The Morgan fingerprint density at radius 3 is 2.48 bits per heavy atom. The van der Waals surface area contributed by atoms with Gasteiger partial charge in [0.2, 0.25) is 10.0 Å². The fraction of sp³-hybridized carbons (Fsp3) is 0.222. The Morgan fingerprint density at radius 2 is 1.85 bits per heavy atom. The Labute approximate surface area is 157 Å². The van der Waals surface area contributed by atoms with E-state index >= 15 is 0 Å². The van der Waals surface area contributed by atoms with E-state index in [2.05, 4.69) is 5.32 Å². The number of benzene rings is 2. The van der Waals surface area contributed by atoms with Gasteiger partial charge in [-0.3, -0.25) is 9.59 Å². The van der Waals surface area contributed by atoms with E-state index in [0.29, 0.717) is 17.6 Å². The standard InChI is InChI=1S/C18H20N2O6S/c1-20(2)27(23,24)14-8-9-17(25-3)15(10-14)19-18(22)12-26-16-7-5-4-6-13(16)11-21/h4-11H,12H2,1-3H3,(H,19,22). The number of carbonyl (C=O) groups excluding carboxylic acids is 2. The van der Waals surface area contributed by atoms with Crippen LogP contribution in [0.2, 0.25) is 0 Å². The maximum atomic E-state index is 12.3. The molecule has 0 radical (unpaired) electrons. The van der Waals surface area contributed by atoms with Gasteiger partial charge in [-0.15, -0.1) is 0 Å². The van der Waals surface area contributed by atoms with Crippen LogP contribution in [0.15, 0.2) is 47.4 Å². The maximum absolute atomic E-state index is 12.3. The Kier molecular flexibility index (Phi) is 6.54. The predicted molar refractivity (Wildman–Crippen MR) is 99.8 cm³/mol. The zero-order valence-electron chi connectivity index (χ0n) is 15.1. The van der Waals surface area contributed by atoms with Gasteiger partial charge < -0.3 is 14.8 Å². The predicted octanol–water partition coefficient (Wildman–Crippen LogP) is 1.78. The second kappa shape index (κ2) is 8.65. The van der Waals surface area contributed by atoms with Crippen LogP contribution in [0, 0.1) is 0 Å². The van der Waals surface area contributed by atoms with Crippen molar-refractivity contribution in [1.82, 2.24) is 4.31 Å². The summed E-state index contributed by atoms with van der Waals surface area (Å²) in [6, 6.07) is 10.7. The summed E-state index contributed by atoms with van der Waals surface area (Å²) in [5, 5.41) is 2.56. The Hall–Kier alpha value is -2.91. The van der Waals surface area contributed by atoms with E-state index < -0.39 is 15.9 Å². The number of carbonyl (C=O) groups is 2. The average Bonchev–Trinajstić information content (AvgIpc) is 2.66. The first-order valence-corrected chi connectivity index (χ1v) is 9.31. The molecule has 0 bridgehead atoms. The van der Waals surface area contributed by atoms with Gasteiger partial charge in [0.25, 0.3) is 5.91 Å². The Morgan fingerprint density at radius 1 is 1.15 bits per heavy atom. The lowest BCUT2D eigenvalue weighted by molar-refractivity contribution is -0.118. The highest BCUT2D eigenvalue weighted by molar-refractivity contribution is 7.89. The quantitative estimate of drug-likeness (QED) is 0.687. The van der Waals surface area contributed by atoms with E-state index in [1.54, 1.807) is 24.3 Å². The molecule has 27 heavy (non-hydrogen) atoms. The number of hydrogen-bond donors (Lipinski definition) is 1. The molecule has 0 saturated carbocycles. The minimum atomic E-state index is -3.67. The number of para-hydroxylation sites is 1. The topological polar surface area (TPSA) is 102 Å². The number of methoxy groups -OCH3 is 1. The molecule has 0 unspecified atom stereocenters. The number of amides is 1. The molecule has 0 heterocycles.